The summed E-state index contributed by atoms with van der Waals surface area (Å²) in [6.45, 7) is 0. The Hall–Kier alpha value is -1.12. The molecule has 1 rings (SSSR count). The molecule has 96 valence electrons. The zero-order chi connectivity index (χ0) is 13.2. The van der Waals surface area contributed by atoms with Crippen molar-refractivity contribution in [2.24, 2.45) is 0 Å². The fraction of sp³-hybridized carbons (Fsp3) is 0.375. The molecular formula is C8H5BrF5NO2. The van der Waals surface area contributed by atoms with Crippen molar-refractivity contribution in [3.05, 3.63) is 27.7 Å². The molecule has 0 atom stereocenters. The van der Waals surface area contributed by atoms with E-state index in [9.17, 15) is 26.7 Å². The van der Waals surface area contributed by atoms with Crippen LogP contribution in [0.3, 0.4) is 0 Å². The van der Waals surface area contributed by atoms with E-state index < -0.39 is 29.8 Å². The largest absolute Gasteiger partial charge is 0.573 e. The zero-order valence-corrected chi connectivity index (χ0v) is 9.53. The second-order valence-corrected chi connectivity index (χ2v) is 3.44. The lowest BCUT2D eigenvalue weighted by atomic mass is 10.2. The van der Waals surface area contributed by atoms with Crippen molar-refractivity contribution >= 4 is 15.9 Å². The van der Waals surface area contributed by atoms with Crippen LogP contribution in [0.15, 0.2) is 10.9 Å². The average molecular weight is 322 g/mol. The summed E-state index contributed by atoms with van der Waals surface area (Å²) in [5.74, 6) is -1.07. The summed E-state index contributed by atoms with van der Waals surface area (Å²) in [5.41, 5.74) is -2.28. The van der Waals surface area contributed by atoms with E-state index in [-0.39, 0.29) is 10.9 Å². The van der Waals surface area contributed by atoms with Gasteiger partial charge in [-0.2, -0.15) is 0 Å². The van der Waals surface area contributed by atoms with E-state index in [1.807, 2.05) is 0 Å². The van der Waals surface area contributed by atoms with Crippen molar-refractivity contribution in [2.75, 3.05) is 0 Å². The van der Waals surface area contributed by atoms with Gasteiger partial charge in [0.1, 0.15) is 0 Å². The molecule has 9 heteroatoms. The van der Waals surface area contributed by atoms with Gasteiger partial charge in [0, 0.05) is 5.33 Å². The Balaban J connectivity index is 3.23. The summed E-state index contributed by atoms with van der Waals surface area (Å²) in [4.78, 5) is 12.7. The van der Waals surface area contributed by atoms with Gasteiger partial charge in [0.2, 0.25) is 0 Å². The molecule has 0 bridgehead atoms. The minimum atomic E-state index is -5.05. The molecule has 0 aliphatic rings. The third kappa shape index (κ3) is 3.69. The Labute approximate surface area is 99.7 Å². The summed E-state index contributed by atoms with van der Waals surface area (Å²) in [6, 6.07) is 0.628. The average Bonchev–Trinajstić information content (AvgIpc) is 2.18. The molecule has 0 amide bonds. The molecule has 0 radical (unpaired) electrons. The van der Waals surface area contributed by atoms with Crippen LogP contribution in [0.5, 0.6) is 5.75 Å². The molecule has 0 saturated carbocycles. The minimum Gasteiger partial charge on any atom is -0.400 e. The Bertz CT molecular complexity index is 456. The Kier molecular flexibility index (Phi) is 4.12. The zero-order valence-electron chi connectivity index (χ0n) is 7.95. The Morgan fingerprint density at radius 1 is 1.41 bits per heavy atom. The van der Waals surface area contributed by atoms with Crippen LogP contribution in [0.4, 0.5) is 22.0 Å². The van der Waals surface area contributed by atoms with Crippen LogP contribution in [0, 0.1) is 0 Å². The monoisotopic (exact) mass is 321 g/mol. The first kappa shape index (κ1) is 13.9. The van der Waals surface area contributed by atoms with Gasteiger partial charge in [-0.05, 0) is 11.6 Å². The number of nitrogens with one attached hydrogen (secondary N) is 1. The summed E-state index contributed by atoms with van der Waals surface area (Å²) < 4.78 is 63.9. The lowest BCUT2D eigenvalue weighted by molar-refractivity contribution is -0.275. The summed E-state index contributed by atoms with van der Waals surface area (Å²) in [6.07, 6.45) is -8.04. The van der Waals surface area contributed by atoms with Crippen LogP contribution in [0.2, 0.25) is 0 Å². The predicted octanol–water partition coefficient (Wildman–Crippen LogP) is 3.11. The topological polar surface area (TPSA) is 42.1 Å². The fourth-order valence-electron chi connectivity index (χ4n) is 1.07. The molecule has 0 fully saturated rings. The molecule has 0 aliphatic carbocycles. The normalized spacial score (nSPS) is 11.9. The molecule has 0 aromatic carbocycles. The van der Waals surface area contributed by atoms with E-state index in [0.29, 0.717) is 6.07 Å². The number of H-pyrrole nitrogens is 1. The molecule has 0 unspecified atom stereocenters. The number of pyridine rings is 1. The van der Waals surface area contributed by atoms with E-state index in [2.05, 4.69) is 20.7 Å². The van der Waals surface area contributed by atoms with Crippen LogP contribution >= 0.6 is 15.9 Å². The first-order valence-electron chi connectivity index (χ1n) is 4.10. The molecule has 17 heavy (non-hydrogen) atoms. The molecular weight excluding hydrogens is 317 g/mol. The maximum absolute atomic E-state index is 12.4. The molecule has 1 N–H and O–H groups in total. The van der Waals surface area contributed by atoms with Crippen molar-refractivity contribution < 1.29 is 26.7 Å². The van der Waals surface area contributed by atoms with Crippen molar-refractivity contribution in [1.82, 2.24) is 4.98 Å². The van der Waals surface area contributed by atoms with Gasteiger partial charge < -0.3 is 9.72 Å². The number of halogens is 6. The van der Waals surface area contributed by atoms with Gasteiger partial charge in [0.25, 0.3) is 12.0 Å². The van der Waals surface area contributed by atoms with Gasteiger partial charge in [-0.15, -0.1) is 13.2 Å². The second-order valence-electron chi connectivity index (χ2n) is 2.88. The van der Waals surface area contributed by atoms with Crippen LogP contribution in [0.25, 0.3) is 0 Å². The fourth-order valence-corrected chi connectivity index (χ4v) is 1.54. The van der Waals surface area contributed by atoms with Crippen LogP contribution in [0.1, 0.15) is 17.7 Å². The minimum absolute atomic E-state index is 0.141. The third-order valence-electron chi connectivity index (χ3n) is 1.71. The highest BCUT2D eigenvalue weighted by molar-refractivity contribution is 9.08. The number of aromatic nitrogens is 1. The number of ether oxygens (including phenoxy) is 1. The number of rotatable bonds is 3. The van der Waals surface area contributed by atoms with E-state index in [1.54, 1.807) is 4.98 Å². The number of hydrogen-bond donors (Lipinski definition) is 1. The smallest absolute Gasteiger partial charge is 0.400 e. The van der Waals surface area contributed by atoms with E-state index in [1.165, 1.54) is 0 Å². The van der Waals surface area contributed by atoms with Crippen molar-refractivity contribution in [1.29, 1.82) is 0 Å². The highest BCUT2D eigenvalue weighted by Gasteiger charge is 2.33. The van der Waals surface area contributed by atoms with Crippen LogP contribution < -0.4 is 10.3 Å². The second kappa shape index (κ2) is 5.03. The third-order valence-corrected chi connectivity index (χ3v) is 2.32. The molecule has 0 saturated heterocycles. The quantitative estimate of drug-likeness (QED) is 0.686. The van der Waals surface area contributed by atoms with Crippen LogP contribution in [-0.4, -0.2) is 11.3 Å². The maximum atomic E-state index is 12.4. The van der Waals surface area contributed by atoms with E-state index in [4.69, 9.17) is 0 Å². The van der Waals surface area contributed by atoms with Gasteiger partial charge in [-0.3, -0.25) is 4.79 Å². The van der Waals surface area contributed by atoms with Gasteiger partial charge in [0.05, 0.1) is 5.69 Å². The molecule has 1 aromatic rings. The van der Waals surface area contributed by atoms with E-state index in [0.717, 1.165) is 0 Å². The summed E-state index contributed by atoms with van der Waals surface area (Å²) in [5, 5.41) is -0.141. The molecule has 0 spiro atoms. The van der Waals surface area contributed by atoms with Gasteiger partial charge in [0.15, 0.2) is 5.75 Å². The van der Waals surface area contributed by atoms with Crippen molar-refractivity contribution in [3.8, 4) is 5.75 Å². The van der Waals surface area contributed by atoms with Crippen molar-refractivity contribution in [2.45, 2.75) is 18.1 Å². The lowest BCUT2D eigenvalue weighted by Crippen LogP contribution is -2.24. The standard InChI is InChI=1S/C8H5BrF5NO2/c9-2-3-1-4(17-8(12,13)14)7(16)15-5(3)6(10)11/h1,6H,2H2,(H,15,16). The number of hydrogen-bond acceptors (Lipinski definition) is 2. The Morgan fingerprint density at radius 2 is 2.00 bits per heavy atom. The highest BCUT2D eigenvalue weighted by atomic mass is 79.9. The SMILES string of the molecule is O=c1[nH]c(C(F)F)c(CBr)cc1OC(F)(F)F. The summed E-state index contributed by atoms with van der Waals surface area (Å²) >= 11 is 2.82. The number of aromatic amines is 1. The maximum Gasteiger partial charge on any atom is 0.573 e. The van der Waals surface area contributed by atoms with Gasteiger partial charge in [-0.1, -0.05) is 15.9 Å². The summed E-state index contributed by atoms with van der Waals surface area (Å²) in [7, 11) is 0. The molecule has 0 aliphatic heterocycles. The number of alkyl halides is 6. The van der Waals surface area contributed by atoms with Gasteiger partial charge >= 0.3 is 6.36 Å². The predicted molar refractivity (Wildman–Crippen MR) is 51.3 cm³/mol. The molecule has 3 nitrogen and oxygen atoms in total. The van der Waals surface area contributed by atoms with Gasteiger partial charge in [-0.25, -0.2) is 8.78 Å². The first-order valence-corrected chi connectivity index (χ1v) is 5.22. The van der Waals surface area contributed by atoms with Crippen LogP contribution in [-0.2, 0) is 5.33 Å². The molecule has 1 heterocycles. The molecule has 1 aromatic heterocycles. The highest BCUT2D eigenvalue weighted by Crippen LogP contribution is 2.26. The van der Waals surface area contributed by atoms with Crippen molar-refractivity contribution in [3.63, 3.8) is 0 Å². The Morgan fingerprint density at radius 3 is 2.41 bits per heavy atom. The first-order chi connectivity index (χ1) is 7.74. The lowest BCUT2D eigenvalue weighted by Gasteiger charge is -2.11. The van der Waals surface area contributed by atoms with E-state index >= 15 is 0 Å².